The number of hydrogen-bond acceptors (Lipinski definition) is 4. The molecule has 4 heteroatoms. The Hall–Kier alpha value is -0.160. The van der Waals surface area contributed by atoms with Crippen molar-refractivity contribution < 1.29 is 4.74 Å². The molecule has 0 fully saturated rings. The fourth-order valence-electron chi connectivity index (χ4n) is 2.20. The number of hydrogen-bond donors (Lipinski definition) is 1. The van der Waals surface area contributed by atoms with Crippen molar-refractivity contribution in [1.29, 1.82) is 0 Å². The minimum Gasteiger partial charge on any atom is -0.383 e. The molecular weight excluding hydrogens is 226 g/mol. The number of methoxy groups -OCH3 is 1. The lowest BCUT2D eigenvalue weighted by molar-refractivity contribution is 0.178. The van der Waals surface area contributed by atoms with E-state index in [2.05, 4.69) is 43.1 Å². The smallest absolute Gasteiger partial charge is 0.0587 e. The van der Waals surface area contributed by atoms with Crippen LogP contribution < -0.4 is 5.32 Å². The topological polar surface area (TPSA) is 27.7 Å². The number of likely N-dealkylation sites (N-methyl/N-ethyl adjacent to an activating group) is 2. The molecule has 0 radical (unpaired) electrons. The number of unbranched alkanes of at least 4 members (excludes halogenated alkanes) is 1. The molecule has 1 atom stereocenters. The van der Waals surface area contributed by atoms with E-state index in [9.17, 15) is 0 Å². The summed E-state index contributed by atoms with van der Waals surface area (Å²) in [6, 6.07) is 0.645. The minimum absolute atomic E-state index is 0.645. The van der Waals surface area contributed by atoms with Crippen molar-refractivity contribution >= 4 is 0 Å². The van der Waals surface area contributed by atoms with Gasteiger partial charge in [-0.3, -0.25) is 4.90 Å². The molecule has 0 rings (SSSR count). The van der Waals surface area contributed by atoms with Gasteiger partial charge in [0.1, 0.15) is 0 Å². The van der Waals surface area contributed by atoms with Crippen molar-refractivity contribution in [1.82, 2.24) is 15.1 Å². The van der Waals surface area contributed by atoms with Crippen LogP contribution in [0.1, 0.15) is 26.7 Å². The molecule has 0 bridgehead atoms. The Morgan fingerprint density at radius 2 is 1.89 bits per heavy atom. The third-order valence-corrected chi connectivity index (χ3v) is 3.19. The van der Waals surface area contributed by atoms with Crippen LogP contribution in [0.3, 0.4) is 0 Å². The van der Waals surface area contributed by atoms with Gasteiger partial charge in [-0.25, -0.2) is 0 Å². The quantitative estimate of drug-likeness (QED) is 0.534. The fraction of sp³-hybridized carbons (Fsp3) is 1.00. The first kappa shape index (κ1) is 17.8. The Labute approximate surface area is 114 Å². The van der Waals surface area contributed by atoms with Crippen LogP contribution in [0.25, 0.3) is 0 Å². The third-order valence-electron chi connectivity index (χ3n) is 3.19. The Kier molecular flexibility index (Phi) is 11.8. The molecule has 18 heavy (non-hydrogen) atoms. The summed E-state index contributed by atoms with van der Waals surface area (Å²) in [5, 5.41) is 3.39. The largest absolute Gasteiger partial charge is 0.383 e. The molecule has 0 aliphatic heterocycles. The van der Waals surface area contributed by atoms with Gasteiger partial charge in [0.25, 0.3) is 0 Å². The lowest BCUT2D eigenvalue weighted by Gasteiger charge is -2.29. The van der Waals surface area contributed by atoms with Crippen LogP contribution >= 0.6 is 0 Å². The second-order valence-corrected chi connectivity index (χ2v) is 5.19. The normalized spacial score (nSPS) is 13.5. The van der Waals surface area contributed by atoms with E-state index in [0.717, 1.165) is 32.8 Å². The molecule has 0 aromatic heterocycles. The Bertz CT molecular complexity index is 176. The van der Waals surface area contributed by atoms with E-state index < -0.39 is 0 Å². The summed E-state index contributed by atoms with van der Waals surface area (Å²) >= 11 is 0. The summed E-state index contributed by atoms with van der Waals surface area (Å²) in [5.74, 6) is 0. The summed E-state index contributed by atoms with van der Waals surface area (Å²) < 4.78 is 5.00. The van der Waals surface area contributed by atoms with Crippen molar-refractivity contribution in [2.75, 3.05) is 60.5 Å². The molecule has 0 saturated heterocycles. The maximum absolute atomic E-state index is 5.00. The molecule has 0 aliphatic rings. The van der Waals surface area contributed by atoms with Crippen molar-refractivity contribution in [2.24, 2.45) is 0 Å². The molecule has 0 saturated carbocycles. The highest BCUT2D eigenvalue weighted by molar-refractivity contribution is 4.68. The maximum atomic E-state index is 5.00. The molecule has 0 amide bonds. The fourth-order valence-corrected chi connectivity index (χ4v) is 2.20. The molecule has 0 aromatic carbocycles. The molecule has 0 spiro atoms. The van der Waals surface area contributed by atoms with Gasteiger partial charge in [0.05, 0.1) is 6.61 Å². The Morgan fingerprint density at radius 1 is 1.17 bits per heavy atom. The average Bonchev–Trinajstić information content (AvgIpc) is 2.31. The van der Waals surface area contributed by atoms with E-state index >= 15 is 0 Å². The lowest BCUT2D eigenvalue weighted by Crippen LogP contribution is -2.40. The van der Waals surface area contributed by atoms with Gasteiger partial charge >= 0.3 is 0 Å². The minimum atomic E-state index is 0.645. The van der Waals surface area contributed by atoms with Crippen molar-refractivity contribution in [2.45, 2.75) is 32.7 Å². The number of rotatable bonds is 12. The second kappa shape index (κ2) is 11.9. The predicted octanol–water partition coefficient (Wildman–Crippen LogP) is 1.27. The van der Waals surface area contributed by atoms with E-state index in [4.69, 9.17) is 4.74 Å². The molecular formula is C14H33N3O. The first-order valence-corrected chi connectivity index (χ1v) is 7.20. The Balaban J connectivity index is 3.55. The van der Waals surface area contributed by atoms with Gasteiger partial charge in [0.2, 0.25) is 0 Å². The molecule has 0 heterocycles. The van der Waals surface area contributed by atoms with Crippen molar-refractivity contribution in [3.63, 3.8) is 0 Å². The zero-order valence-electron chi connectivity index (χ0n) is 13.0. The van der Waals surface area contributed by atoms with Crippen LogP contribution in [0, 0.1) is 0 Å². The number of ether oxygens (including phenoxy) is 1. The van der Waals surface area contributed by atoms with Gasteiger partial charge in [0.15, 0.2) is 0 Å². The second-order valence-electron chi connectivity index (χ2n) is 5.19. The first-order chi connectivity index (χ1) is 8.61. The molecule has 1 unspecified atom stereocenters. The lowest BCUT2D eigenvalue weighted by atomic mass is 10.2. The number of nitrogens with one attached hydrogen (secondary N) is 1. The first-order valence-electron chi connectivity index (χ1n) is 7.20. The zero-order chi connectivity index (χ0) is 13.8. The highest BCUT2D eigenvalue weighted by Crippen LogP contribution is 2.02. The monoisotopic (exact) mass is 259 g/mol. The third kappa shape index (κ3) is 9.83. The van der Waals surface area contributed by atoms with Crippen LogP contribution in [0.2, 0.25) is 0 Å². The van der Waals surface area contributed by atoms with E-state index in [0.29, 0.717) is 6.04 Å². The highest BCUT2D eigenvalue weighted by atomic mass is 16.5. The van der Waals surface area contributed by atoms with E-state index in [1.165, 1.54) is 19.4 Å². The van der Waals surface area contributed by atoms with Crippen molar-refractivity contribution in [3.8, 4) is 0 Å². The highest BCUT2D eigenvalue weighted by Gasteiger charge is 2.11. The van der Waals surface area contributed by atoms with Crippen LogP contribution in [0.4, 0.5) is 0 Å². The molecule has 4 nitrogen and oxygen atoms in total. The summed E-state index contributed by atoms with van der Waals surface area (Å²) in [6.07, 6.45) is 2.51. The van der Waals surface area contributed by atoms with Gasteiger partial charge in [-0.2, -0.15) is 0 Å². The summed E-state index contributed by atoms with van der Waals surface area (Å²) in [7, 11) is 6.03. The van der Waals surface area contributed by atoms with Crippen LogP contribution in [-0.2, 0) is 4.74 Å². The van der Waals surface area contributed by atoms with Crippen LogP contribution in [0.15, 0.2) is 0 Å². The van der Waals surface area contributed by atoms with Crippen molar-refractivity contribution in [3.05, 3.63) is 0 Å². The predicted molar refractivity (Wildman–Crippen MR) is 79.2 cm³/mol. The molecule has 110 valence electrons. The summed E-state index contributed by atoms with van der Waals surface area (Å²) in [6.45, 7) is 10.9. The van der Waals surface area contributed by atoms with Gasteiger partial charge in [0, 0.05) is 26.2 Å². The SMILES string of the molecule is CCN(CCCCNCCOC)C(C)CN(C)C. The van der Waals surface area contributed by atoms with Gasteiger partial charge < -0.3 is 15.0 Å². The molecule has 0 aromatic rings. The standard InChI is InChI=1S/C14H33N3O/c1-6-17(14(2)13-16(3)4)11-8-7-9-15-10-12-18-5/h14-15H,6-13H2,1-5H3. The van der Waals surface area contributed by atoms with E-state index in [-0.39, 0.29) is 0 Å². The van der Waals surface area contributed by atoms with Gasteiger partial charge in [-0.1, -0.05) is 6.92 Å². The molecule has 0 aliphatic carbocycles. The average molecular weight is 259 g/mol. The molecule has 1 N–H and O–H groups in total. The van der Waals surface area contributed by atoms with Crippen LogP contribution in [-0.4, -0.2) is 76.4 Å². The zero-order valence-corrected chi connectivity index (χ0v) is 13.0. The summed E-state index contributed by atoms with van der Waals surface area (Å²) in [5.41, 5.74) is 0. The van der Waals surface area contributed by atoms with Gasteiger partial charge in [-0.15, -0.1) is 0 Å². The maximum Gasteiger partial charge on any atom is 0.0587 e. The Morgan fingerprint density at radius 3 is 2.44 bits per heavy atom. The summed E-state index contributed by atoms with van der Waals surface area (Å²) in [4.78, 5) is 4.83. The van der Waals surface area contributed by atoms with Crippen LogP contribution in [0.5, 0.6) is 0 Å². The van der Waals surface area contributed by atoms with E-state index in [1.807, 2.05) is 0 Å². The van der Waals surface area contributed by atoms with Gasteiger partial charge in [-0.05, 0) is 53.5 Å². The van der Waals surface area contributed by atoms with E-state index in [1.54, 1.807) is 7.11 Å². The number of nitrogens with zero attached hydrogens (tertiary/aromatic N) is 2.